The van der Waals surface area contributed by atoms with Crippen LogP contribution in [0.15, 0.2) is 24.4 Å². The van der Waals surface area contributed by atoms with E-state index >= 15 is 0 Å². The zero-order valence-corrected chi connectivity index (χ0v) is 13.8. The third kappa shape index (κ3) is 3.32. The molecule has 1 aromatic heterocycles. The zero-order chi connectivity index (χ0) is 15.1. The Labute approximate surface area is 141 Å². The maximum Gasteiger partial charge on any atom is 0.417 e. The minimum atomic E-state index is -4.43. The summed E-state index contributed by atoms with van der Waals surface area (Å²) in [5, 5.41) is 0.623. The summed E-state index contributed by atoms with van der Waals surface area (Å²) >= 11 is 19.4. The number of halogens is 7. The van der Waals surface area contributed by atoms with E-state index in [2.05, 4.69) is 4.98 Å². The van der Waals surface area contributed by atoms with Gasteiger partial charge in [-0.15, -0.1) is 0 Å². The van der Waals surface area contributed by atoms with Crippen molar-refractivity contribution >= 4 is 57.4 Å². The topological polar surface area (TPSA) is 12.9 Å². The van der Waals surface area contributed by atoms with Crippen molar-refractivity contribution in [2.75, 3.05) is 0 Å². The van der Waals surface area contributed by atoms with Crippen LogP contribution in [-0.4, -0.2) is 4.98 Å². The molecular formula is C12H4Cl3F3IN. The average molecular weight is 452 g/mol. The number of hydrogen-bond acceptors (Lipinski definition) is 1. The lowest BCUT2D eigenvalue weighted by molar-refractivity contribution is -0.137. The van der Waals surface area contributed by atoms with Crippen molar-refractivity contribution in [1.82, 2.24) is 4.98 Å². The van der Waals surface area contributed by atoms with E-state index in [0.29, 0.717) is 14.8 Å². The number of aromatic nitrogens is 1. The van der Waals surface area contributed by atoms with Crippen molar-refractivity contribution < 1.29 is 13.2 Å². The van der Waals surface area contributed by atoms with Gasteiger partial charge in [0.2, 0.25) is 0 Å². The molecule has 20 heavy (non-hydrogen) atoms. The van der Waals surface area contributed by atoms with Gasteiger partial charge in [-0.1, -0.05) is 34.8 Å². The summed E-state index contributed by atoms with van der Waals surface area (Å²) in [7, 11) is 0. The van der Waals surface area contributed by atoms with Crippen LogP contribution in [0.4, 0.5) is 13.2 Å². The van der Waals surface area contributed by atoms with Gasteiger partial charge in [-0.3, -0.25) is 4.98 Å². The molecule has 0 N–H and O–H groups in total. The van der Waals surface area contributed by atoms with Gasteiger partial charge in [0.15, 0.2) is 0 Å². The van der Waals surface area contributed by atoms with Gasteiger partial charge in [0, 0.05) is 15.3 Å². The molecule has 0 saturated heterocycles. The van der Waals surface area contributed by atoms with Crippen molar-refractivity contribution in [3.63, 3.8) is 0 Å². The van der Waals surface area contributed by atoms with E-state index in [1.807, 2.05) is 0 Å². The van der Waals surface area contributed by atoms with Gasteiger partial charge < -0.3 is 0 Å². The molecule has 1 nitrogen and oxygen atoms in total. The van der Waals surface area contributed by atoms with Crippen LogP contribution in [-0.2, 0) is 6.18 Å². The summed E-state index contributed by atoms with van der Waals surface area (Å²) in [6, 6.07) is 4.03. The van der Waals surface area contributed by atoms with E-state index in [4.69, 9.17) is 34.8 Å². The standard InChI is InChI=1S/C12H4Cl3F3IN/c13-7-1-5(2-8(14)10(7)15)11-9(19)3-6(4-20-11)12(16,17)18/h1-4H. The number of alkyl halides is 3. The summed E-state index contributed by atoms with van der Waals surface area (Å²) in [6.45, 7) is 0. The van der Waals surface area contributed by atoms with Crippen LogP contribution in [0.5, 0.6) is 0 Å². The lowest BCUT2D eigenvalue weighted by Crippen LogP contribution is -2.06. The van der Waals surface area contributed by atoms with Crippen LogP contribution < -0.4 is 0 Å². The molecule has 0 saturated carbocycles. The molecule has 0 bridgehead atoms. The fourth-order valence-electron chi connectivity index (χ4n) is 1.50. The van der Waals surface area contributed by atoms with Gasteiger partial charge in [-0.25, -0.2) is 0 Å². The summed E-state index contributed by atoms with van der Waals surface area (Å²) in [5.74, 6) is 0. The Morgan fingerprint density at radius 1 is 1.00 bits per heavy atom. The number of nitrogens with zero attached hydrogens (tertiary/aromatic N) is 1. The first-order valence-electron chi connectivity index (χ1n) is 5.08. The lowest BCUT2D eigenvalue weighted by atomic mass is 10.1. The molecule has 2 aromatic rings. The van der Waals surface area contributed by atoms with Crippen molar-refractivity contribution in [3.8, 4) is 11.3 Å². The van der Waals surface area contributed by atoms with Crippen LogP contribution in [0.2, 0.25) is 15.1 Å². The molecule has 0 aliphatic carbocycles. The Kier molecular flexibility index (Phi) is 4.73. The summed E-state index contributed by atoms with van der Waals surface area (Å²) in [5.41, 5.74) is 0.0541. The highest BCUT2D eigenvalue weighted by Gasteiger charge is 2.31. The zero-order valence-electron chi connectivity index (χ0n) is 9.40. The van der Waals surface area contributed by atoms with Crippen molar-refractivity contribution in [2.45, 2.75) is 6.18 Å². The molecule has 8 heteroatoms. The van der Waals surface area contributed by atoms with E-state index < -0.39 is 11.7 Å². The second kappa shape index (κ2) is 5.87. The van der Waals surface area contributed by atoms with E-state index in [-0.39, 0.29) is 15.1 Å². The Balaban J connectivity index is 2.54. The van der Waals surface area contributed by atoms with E-state index in [0.717, 1.165) is 12.3 Å². The highest BCUT2D eigenvalue weighted by molar-refractivity contribution is 14.1. The molecule has 0 unspecified atom stereocenters. The monoisotopic (exact) mass is 451 g/mol. The number of pyridine rings is 1. The van der Waals surface area contributed by atoms with Crippen LogP contribution in [0.3, 0.4) is 0 Å². The summed E-state index contributed by atoms with van der Waals surface area (Å²) < 4.78 is 38.1. The Morgan fingerprint density at radius 2 is 1.55 bits per heavy atom. The van der Waals surface area contributed by atoms with Gasteiger partial charge in [0.25, 0.3) is 0 Å². The quantitative estimate of drug-likeness (QED) is 0.364. The lowest BCUT2D eigenvalue weighted by Gasteiger charge is -2.10. The summed E-state index contributed by atoms with van der Waals surface area (Å²) in [4.78, 5) is 3.84. The first-order chi connectivity index (χ1) is 9.20. The Morgan fingerprint density at radius 3 is 2.00 bits per heavy atom. The van der Waals surface area contributed by atoms with E-state index in [1.165, 1.54) is 12.1 Å². The molecule has 1 heterocycles. The predicted octanol–water partition coefficient (Wildman–Crippen LogP) is 6.33. The minimum Gasteiger partial charge on any atom is -0.255 e. The van der Waals surface area contributed by atoms with Crippen molar-refractivity contribution in [2.24, 2.45) is 0 Å². The second-order valence-corrected chi connectivity index (χ2v) is 6.16. The fourth-order valence-corrected chi connectivity index (χ4v) is 2.88. The van der Waals surface area contributed by atoms with Gasteiger partial charge in [0.05, 0.1) is 26.3 Å². The first-order valence-corrected chi connectivity index (χ1v) is 7.29. The molecular weight excluding hydrogens is 448 g/mol. The molecule has 0 aliphatic rings. The number of hydrogen-bond donors (Lipinski definition) is 0. The molecule has 1 aromatic carbocycles. The van der Waals surface area contributed by atoms with Gasteiger partial charge >= 0.3 is 6.18 Å². The molecule has 0 aliphatic heterocycles. The van der Waals surface area contributed by atoms with Gasteiger partial charge in [-0.2, -0.15) is 13.2 Å². The van der Waals surface area contributed by atoms with Gasteiger partial charge in [0.1, 0.15) is 0 Å². The van der Waals surface area contributed by atoms with Crippen LogP contribution in [0.1, 0.15) is 5.56 Å². The van der Waals surface area contributed by atoms with Gasteiger partial charge in [-0.05, 0) is 40.8 Å². The third-order valence-corrected chi connectivity index (χ3v) is 4.44. The fraction of sp³-hybridized carbons (Fsp3) is 0.0833. The largest absolute Gasteiger partial charge is 0.417 e. The van der Waals surface area contributed by atoms with E-state index in [1.54, 1.807) is 22.6 Å². The molecule has 106 valence electrons. The Hall–Kier alpha value is -0.240. The second-order valence-electron chi connectivity index (χ2n) is 3.81. The van der Waals surface area contributed by atoms with Crippen LogP contribution in [0, 0.1) is 3.57 Å². The highest BCUT2D eigenvalue weighted by Crippen LogP contribution is 2.37. The molecule has 0 radical (unpaired) electrons. The minimum absolute atomic E-state index is 0.194. The third-order valence-electron chi connectivity index (χ3n) is 2.43. The van der Waals surface area contributed by atoms with Crippen molar-refractivity contribution in [3.05, 3.63) is 48.6 Å². The highest BCUT2D eigenvalue weighted by atomic mass is 127. The van der Waals surface area contributed by atoms with Crippen LogP contribution in [0.25, 0.3) is 11.3 Å². The SMILES string of the molecule is FC(F)(F)c1cnc(-c2cc(Cl)c(Cl)c(Cl)c2)c(I)c1. The molecule has 0 fully saturated rings. The number of benzene rings is 1. The Bertz CT molecular complexity index is 650. The van der Waals surface area contributed by atoms with Crippen LogP contribution >= 0.6 is 57.4 Å². The maximum absolute atomic E-state index is 12.6. The molecule has 0 atom stereocenters. The average Bonchev–Trinajstić information content (AvgIpc) is 2.34. The maximum atomic E-state index is 12.6. The van der Waals surface area contributed by atoms with Crippen molar-refractivity contribution in [1.29, 1.82) is 0 Å². The molecule has 0 spiro atoms. The molecule has 2 rings (SSSR count). The smallest absolute Gasteiger partial charge is 0.255 e. The molecule has 0 amide bonds. The number of rotatable bonds is 1. The predicted molar refractivity (Wildman–Crippen MR) is 82.4 cm³/mol. The van der Waals surface area contributed by atoms with E-state index in [9.17, 15) is 13.2 Å². The normalized spacial score (nSPS) is 11.8. The first kappa shape index (κ1) is 16.1. The summed E-state index contributed by atoms with van der Waals surface area (Å²) in [6.07, 6.45) is -3.66.